The summed E-state index contributed by atoms with van der Waals surface area (Å²) in [4.78, 5) is 24.8. The first-order valence-electron chi connectivity index (χ1n) is 10.5. The molecule has 0 amide bonds. The first kappa shape index (κ1) is 17.2. The van der Waals surface area contributed by atoms with Crippen LogP contribution in [0.25, 0.3) is 5.70 Å². The molecule has 142 valence electrons. The number of ketones is 1. The van der Waals surface area contributed by atoms with E-state index in [2.05, 4.69) is 19.2 Å². The Morgan fingerprint density at radius 2 is 1.70 bits per heavy atom. The van der Waals surface area contributed by atoms with Crippen LogP contribution in [0.3, 0.4) is 0 Å². The minimum atomic E-state index is -0.118. The molecular formula is C24H29NO2. The zero-order valence-corrected chi connectivity index (χ0v) is 16.4. The molecule has 1 heterocycles. The van der Waals surface area contributed by atoms with Gasteiger partial charge in [-0.2, -0.15) is 0 Å². The predicted molar refractivity (Wildman–Crippen MR) is 106 cm³/mol. The summed E-state index contributed by atoms with van der Waals surface area (Å²) in [6, 6.07) is 5.86. The van der Waals surface area contributed by atoms with Crippen LogP contribution in [0.15, 0.2) is 24.3 Å². The van der Waals surface area contributed by atoms with Crippen molar-refractivity contribution in [3.8, 4) is 0 Å². The van der Waals surface area contributed by atoms with Gasteiger partial charge in [0.05, 0.1) is 0 Å². The van der Waals surface area contributed by atoms with Crippen molar-refractivity contribution in [2.75, 3.05) is 0 Å². The maximum Gasteiger partial charge on any atom is 0.163 e. The summed E-state index contributed by atoms with van der Waals surface area (Å²) in [5.41, 5.74) is 3.61. The lowest BCUT2D eigenvalue weighted by molar-refractivity contribution is -0.138. The lowest BCUT2D eigenvalue weighted by Crippen LogP contribution is -2.50. The number of carbonyl (C=O) groups excluding carboxylic acids is 2. The van der Waals surface area contributed by atoms with E-state index in [1.807, 2.05) is 24.3 Å². The molecule has 0 spiro atoms. The summed E-state index contributed by atoms with van der Waals surface area (Å²) in [5, 5.41) is 3.59. The van der Waals surface area contributed by atoms with Gasteiger partial charge < -0.3 is 5.32 Å². The smallest absolute Gasteiger partial charge is 0.163 e. The fourth-order valence-electron chi connectivity index (χ4n) is 6.83. The Balaban J connectivity index is 1.53. The average Bonchev–Trinajstić information content (AvgIpc) is 2.59. The topological polar surface area (TPSA) is 46.2 Å². The Morgan fingerprint density at radius 3 is 2.30 bits per heavy atom. The Kier molecular flexibility index (Phi) is 3.70. The maximum atomic E-state index is 13.6. The van der Waals surface area contributed by atoms with Crippen molar-refractivity contribution in [3.05, 3.63) is 41.0 Å². The largest absolute Gasteiger partial charge is 0.379 e. The summed E-state index contributed by atoms with van der Waals surface area (Å²) >= 11 is 0. The Labute approximate surface area is 161 Å². The molecule has 4 fully saturated rings. The molecule has 0 radical (unpaired) electrons. The van der Waals surface area contributed by atoms with E-state index in [0.29, 0.717) is 11.3 Å². The Morgan fingerprint density at radius 1 is 1.07 bits per heavy atom. The summed E-state index contributed by atoms with van der Waals surface area (Å²) in [6.07, 6.45) is 11.0. The molecule has 0 aromatic heterocycles. The third-order valence-corrected chi connectivity index (χ3v) is 7.50. The Hall–Kier alpha value is -1.90. The van der Waals surface area contributed by atoms with Gasteiger partial charge in [-0.25, -0.2) is 0 Å². The zero-order valence-electron chi connectivity index (χ0n) is 16.4. The molecule has 1 aliphatic heterocycles. The van der Waals surface area contributed by atoms with Crippen LogP contribution in [0.2, 0.25) is 0 Å². The van der Waals surface area contributed by atoms with E-state index in [0.717, 1.165) is 61.0 Å². The third-order valence-electron chi connectivity index (χ3n) is 7.50. The molecule has 6 rings (SSSR count). The van der Waals surface area contributed by atoms with Gasteiger partial charge in [0.25, 0.3) is 0 Å². The van der Waals surface area contributed by atoms with Crippen molar-refractivity contribution < 1.29 is 9.59 Å². The van der Waals surface area contributed by atoms with Crippen molar-refractivity contribution in [3.63, 3.8) is 0 Å². The molecule has 4 aliphatic carbocycles. The van der Waals surface area contributed by atoms with Crippen LogP contribution in [-0.4, -0.2) is 17.6 Å². The van der Waals surface area contributed by atoms with Crippen LogP contribution in [0.4, 0.5) is 0 Å². The van der Waals surface area contributed by atoms with E-state index >= 15 is 0 Å². The van der Waals surface area contributed by atoms with E-state index in [1.54, 1.807) is 0 Å². The normalized spacial score (nSPS) is 37.0. The molecule has 0 unspecified atom stereocenters. The van der Waals surface area contributed by atoms with Crippen LogP contribution in [-0.2, 0) is 11.2 Å². The van der Waals surface area contributed by atoms with Crippen molar-refractivity contribution in [2.45, 2.75) is 64.3 Å². The quantitative estimate of drug-likeness (QED) is 0.633. The number of allylic oxidation sites excluding steroid dienone is 1. The van der Waals surface area contributed by atoms with E-state index in [4.69, 9.17) is 0 Å². The van der Waals surface area contributed by atoms with E-state index in [1.165, 1.54) is 24.8 Å². The number of carbonyl (C=O) groups is 2. The third kappa shape index (κ3) is 2.86. The van der Waals surface area contributed by atoms with Crippen LogP contribution < -0.4 is 5.32 Å². The molecular weight excluding hydrogens is 334 g/mol. The second kappa shape index (κ2) is 5.80. The van der Waals surface area contributed by atoms with Crippen molar-refractivity contribution in [1.29, 1.82) is 0 Å². The van der Waals surface area contributed by atoms with Crippen molar-refractivity contribution in [2.24, 2.45) is 23.2 Å². The van der Waals surface area contributed by atoms with Crippen LogP contribution in [0.5, 0.6) is 0 Å². The number of hydrogen-bond donors (Lipinski definition) is 1. The highest BCUT2D eigenvalue weighted by Crippen LogP contribution is 2.60. The molecule has 1 aromatic rings. The highest BCUT2D eigenvalue weighted by molar-refractivity contribution is 6.01. The van der Waals surface area contributed by atoms with E-state index in [-0.39, 0.29) is 11.0 Å². The zero-order chi connectivity index (χ0) is 18.8. The van der Waals surface area contributed by atoms with Gasteiger partial charge in [0.2, 0.25) is 0 Å². The highest BCUT2D eigenvalue weighted by atomic mass is 16.1. The summed E-state index contributed by atoms with van der Waals surface area (Å²) in [6.45, 7) is 4.35. The standard InChI is InChI=1S/C24H29NO2/c1-23(2)13-19-4-3-15(14-26)8-20(19)21(25-23)9-22(27)24-10-16-5-17(11-24)7-18(6-16)12-24/h3-4,8-9,14,16-18,25H,5-7,10-13H2,1-2H3/b21-9+. The minimum Gasteiger partial charge on any atom is -0.379 e. The first-order chi connectivity index (χ1) is 12.9. The summed E-state index contributed by atoms with van der Waals surface area (Å²) in [7, 11) is 0. The maximum absolute atomic E-state index is 13.6. The molecule has 3 nitrogen and oxygen atoms in total. The van der Waals surface area contributed by atoms with Gasteiger partial charge in [-0.05, 0) is 88.2 Å². The predicted octanol–water partition coefficient (Wildman–Crippen LogP) is 4.55. The van der Waals surface area contributed by atoms with E-state index in [9.17, 15) is 9.59 Å². The van der Waals surface area contributed by atoms with Gasteiger partial charge in [-0.3, -0.25) is 9.59 Å². The number of rotatable bonds is 3. The molecule has 27 heavy (non-hydrogen) atoms. The molecule has 5 aliphatic rings. The molecule has 1 aromatic carbocycles. The van der Waals surface area contributed by atoms with Crippen molar-refractivity contribution in [1.82, 2.24) is 5.32 Å². The summed E-state index contributed by atoms with van der Waals surface area (Å²) in [5.74, 6) is 2.62. The highest BCUT2D eigenvalue weighted by Gasteiger charge is 2.54. The van der Waals surface area contributed by atoms with Gasteiger partial charge in [0.1, 0.15) is 6.29 Å². The summed E-state index contributed by atoms with van der Waals surface area (Å²) < 4.78 is 0. The van der Waals surface area contributed by atoms with Crippen LogP contribution >= 0.6 is 0 Å². The molecule has 0 saturated heterocycles. The SMILES string of the molecule is CC1(C)Cc2ccc(C=O)cc2/C(=C\C(=O)C23CC4CC(CC(C4)C2)C3)N1. The molecule has 3 heteroatoms. The van der Waals surface area contributed by atoms with E-state index < -0.39 is 0 Å². The number of benzene rings is 1. The van der Waals surface area contributed by atoms with Crippen LogP contribution in [0.1, 0.15) is 73.9 Å². The molecule has 1 N–H and O–H groups in total. The molecule has 0 atom stereocenters. The number of hydrogen-bond acceptors (Lipinski definition) is 3. The molecule has 4 bridgehead atoms. The van der Waals surface area contributed by atoms with Gasteiger partial charge in [0.15, 0.2) is 5.78 Å². The van der Waals surface area contributed by atoms with Gasteiger partial charge in [-0.1, -0.05) is 12.1 Å². The Bertz CT molecular complexity index is 813. The first-order valence-corrected chi connectivity index (χ1v) is 10.5. The average molecular weight is 364 g/mol. The number of nitrogens with one attached hydrogen (secondary N) is 1. The van der Waals surface area contributed by atoms with Crippen LogP contribution in [0, 0.1) is 23.2 Å². The fourth-order valence-corrected chi connectivity index (χ4v) is 6.83. The lowest BCUT2D eigenvalue weighted by atomic mass is 9.48. The monoisotopic (exact) mass is 363 g/mol. The van der Waals surface area contributed by atoms with Gasteiger partial charge in [-0.15, -0.1) is 0 Å². The van der Waals surface area contributed by atoms with Gasteiger partial charge >= 0.3 is 0 Å². The fraction of sp³-hybridized carbons (Fsp3) is 0.583. The number of fused-ring (bicyclic) bond motifs is 1. The van der Waals surface area contributed by atoms with Gasteiger partial charge in [0, 0.05) is 33.9 Å². The second-order valence-electron chi connectivity index (χ2n) is 10.3. The lowest BCUT2D eigenvalue weighted by Gasteiger charge is -2.55. The molecule has 4 saturated carbocycles. The van der Waals surface area contributed by atoms with Crippen molar-refractivity contribution >= 4 is 17.8 Å². The number of aldehydes is 1. The second-order valence-corrected chi connectivity index (χ2v) is 10.3. The minimum absolute atomic E-state index is 0.0940.